The van der Waals surface area contributed by atoms with Crippen LogP contribution < -0.4 is 0 Å². The second kappa shape index (κ2) is 5.46. The molecule has 0 aliphatic heterocycles. The molecule has 0 amide bonds. The molecular weight excluding hydrogens is 239 g/mol. The van der Waals surface area contributed by atoms with Gasteiger partial charge in [0.2, 0.25) is 0 Å². The molecule has 0 atom stereocenters. The molecule has 1 aliphatic rings. The van der Waals surface area contributed by atoms with Crippen LogP contribution in [0.4, 0.5) is 4.39 Å². The largest absolute Gasteiger partial charge is 0.207 e. The molecule has 0 spiro atoms. The van der Waals surface area contributed by atoms with Crippen molar-refractivity contribution < 1.29 is 4.39 Å². The Bertz CT molecular complexity index is 328. The van der Waals surface area contributed by atoms with E-state index in [-0.39, 0.29) is 5.82 Å². The van der Waals surface area contributed by atoms with Crippen LogP contribution in [-0.2, 0) is 0 Å². The summed E-state index contributed by atoms with van der Waals surface area (Å²) in [5.41, 5.74) is 0.419. The van der Waals surface area contributed by atoms with Gasteiger partial charge in [-0.2, -0.15) is 12.6 Å². The first-order chi connectivity index (χ1) is 7.74. The molecule has 16 heavy (non-hydrogen) atoms. The van der Waals surface area contributed by atoms with Crippen LogP contribution in [0.2, 0.25) is 0 Å². The van der Waals surface area contributed by atoms with Gasteiger partial charge in [0, 0.05) is 10.6 Å². The van der Waals surface area contributed by atoms with E-state index in [0.29, 0.717) is 5.41 Å². The molecule has 0 heterocycles. The standard InChI is InChI=1S/C13H17FS2/c14-11-3-5-12(6-4-11)16-10-13(9-15)7-1-2-8-13/h3-6,15H,1-2,7-10H2. The van der Waals surface area contributed by atoms with Crippen LogP contribution >= 0.6 is 24.4 Å². The van der Waals surface area contributed by atoms with Gasteiger partial charge in [0.15, 0.2) is 0 Å². The first kappa shape index (κ1) is 12.3. The topological polar surface area (TPSA) is 0 Å². The Morgan fingerprint density at radius 1 is 1.19 bits per heavy atom. The summed E-state index contributed by atoms with van der Waals surface area (Å²) < 4.78 is 12.7. The molecule has 0 N–H and O–H groups in total. The normalized spacial score (nSPS) is 18.9. The van der Waals surface area contributed by atoms with Crippen molar-refractivity contribution in [1.29, 1.82) is 0 Å². The van der Waals surface area contributed by atoms with Crippen molar-refractivity contribution in [3.8, 4) is 0 Å². The molecule has 1 fully saturated rings. The molecule has 1 aromatic carbocycles. The van der Waals surface area contributed by atoms with Gasteiger partial charge in [0.05, 0.1) is 0 Å². The average molecular weight is 256 g/mol. The third kappa shape index (κ3) is 2.95. The minimum Gasteiger partial charge on any atom is -0.207 e. The summed E-state index contributed by atoms with van der Waals surface area (Å²) in [6.07, 6.45) is 5.27. The molecule has 0 nitrogen and oxygen atoms in total. The highest BCUT2D eigenvalue weighted by Gasteiger charge is 2.32. The number of halogens is 1. The Kier molecular flexibility index (Phi) is 4.20. The zero-order valence-electron chi connectivity index (χ0n) is 9.29. The Hall–Kier alpha value is -0.150. The van der Waals surface area contributed by atoms with E-state index < -0.39 is 0 Å². The van der Waals surface area contributed by atoms with Crippen LogP contribution in [0, 0.1) is 11.2 Å². The van der Waals surface area contributed by atoms with E-state index in [1.54, 1.807) is 0 Å². The summed E-state index contributed by atoms with van der Waals surface area (Å²) in [4.78, 5) is 1.16. The van der Waals surface area contributed by atoms with Gasteiger partial charge in [-0.1, -0.05) is 12.8 Å². The maximum atomic E-state index is 12.7. The predicted octanol–water partition coefficient (Wildman–Crippen LogP) is 4.41. The lowest BCUT2D eigenvalue weighted by atomic mass is 9.91. The summed E-state index contributed by atoms with van der Waals surface area (Å²) in [7, 11) is 0. The quantitative estimate of drug-likeness (QED) is 0.615. The van der Waals surface area contributed by atoms with E-state index in [4.69, 9.17) is 0 Å². The second-order valence-electron chi connectivity index (χ2n) is 4.61. The Balaban J connectivity index is 1.93. The zero-order chi connectivity index (χ0) is 11.4. The van der Waals surface area contributed by atoms with Crippen molar-refractivity contribution in [2.75, 3.05) is 11.5 Å². The van der Waals surface area contributed by atoms with Gasteiger partial charge in [-0.05, 0) is 48.3 Å². The predicted molar refractivity (Wildman–Crippen MR) is 71.9 cm³/mol. The lowest BCUT2D eigenvalue weighted by Crippen LogP contribution is -2.21. The first-order valence-corrected chi connectivity index (χ1v) is 7.35. The van der Waals surface area contributed by atoms with Crippen LogP contribution in [0.25, 0.3) is 0 Å². The number of rotatable bonds is 4. The summed E-state index contributed by atoms with van der Waals surface area (Å²) >= 11 is 6.33. The minimum absolute atomic E-state index is 0.158. The first-order valence-electron chi connectivity index (χ1n) is 5.73. The van der Waals surface area contributed by atoms with Crippen molar-refractivity contribution in [1.82, 2.24) is 0 Å². The number of thioether (sulfide) groups is 1. The van der Waals surface area contributed by atoms with Crippen LogP contribution in [0.3, 0.4) is 0 Å². The molecule has 1 saturated carbocycles. The number of benzene rings is 1. The third-order valence-corrected chi connectivity index (χ3v) is 5.39. The van der Waals surface area contributed by atoms with E-state index >= 15 is 0 Å². The number of thiol groups is 1. The fourth-order valence-electron chi connectivity index (χ4n) is 2.24. The summed E-state index contributed by atoms with van der Waals surface area (Å²) in [5, 5.41) is 0. The SMILES string of the molecule is Fc1ccc(SCC2(CS)CCCC2)cc1. The van der Waals surface area contributed by atoms with Crippen molar-refractivity contribution in [3.63, 3.8) is 0 Å². The molecule has 0 saturated heterocycles. The molecule has 88 valence electrons. The molecule has 0 unspecified atom stereocenters. The van der Waals surface area contributed by atoms with E-state index in [9.17, 15) is 4.39 Å². The highest BCUT2D eigenvalue weighted by molar-refractivity contribution is 7.99. The van der Waals surface area contributed by atoms with Crippen molar-refractivity contribution >= 4 is 24.4 Å². The monoisotopic (exact) mass is 256 g/mol. The van der Waals surface area contributed by atoms with E-state index in [2.05, 4.69) is 12.6 Å². The summed E-state index contributed by atoms with van der Waals surface area (Å²) in [5.74, 6) is 1.93. The lowest BCUT2D eigenvalue weighted by molar-refractivity contribution is 0.403. The molecule has 0 bridgehead atoms. The smallest absolute Gasteiger partial charge is 0.123 e. The Morgan fingerprint density at radius 2 is 1.81 bits per heavy atom. The zero-order valence-corrected chi connectivity index (χ0v) is 11.0. The van der Waals surface area contributed by atoms with Gasteiger partial charge in [0.25, 0.3) is 0 Å². The highest BCUT2D eigenvalue weighted by atomic mass is 32.2. The molecule has 0 radical (unpaired) electrons. The molecule has 3 heteroatoms. The van der Waals surface area contributed by atoms with Gasteiger partial charge in [0.1, 0.15) is 5.82 Å². The van der Waals surface area contributed by atoms with Crippen LogP contribution in [0.15, 0.2) is 29.2 Å². The Morgan fingerprint density at radius 3 is 2.38 bits per heavy atom. The minimum atomic E-state index is -0.158. The van der Waals surface area contributed by atoms with Crippen molar-refractivity contribution in [3.05, 3.63) is 30.1 Å². The third-order valence-electron chi connectivity index (χ3n) is 3.36. The summed E-state index contributed by atoms with van der Waals surface area (Å²) in [6, 6.07) is 6.79. The maximum Gasteiger partial charge on any atom is 0.123 e. The van der Waals surface area contributed by atoms with Crippen LogP contribution in [0.1, 0.15) is 25.7 Å². The average Bonchev–Trinajstić information content (AvgIpc) is 2.78. The van der Waals surface area contributed by atoms with Crippen LogP contribution in [-0.4, -0.2) is 11.5 Å². The van der Waals surface area contributed by atoms with E-state index in [1.165, 1.54) is 37.8 Å². The highest BCUT2D eigenvalue weighted by Crippen LogP contribution is 2.42. The Labute approximate surface area is 106 Å². The van der Waals surface area contributed by atoms with Gasteiger partial charge in [-0.15, -0.1) is 11.8 Å². The summed E-state index contributed by atoms with van der Waals surface area (Å²) in [6.45, 7) is 0. The van der Waals surface area contributed by atoms with Gasteiger partial charge in [-0.3, -0.25) is 0 Å². The van der Waals surface area contributed by atoms with E-state index in [0.717, 1.165) is 16.4 Å². The molecular formula is C13H17FS2. The number of hydrogen-bond donors (Lipinski definition) is 1. The van der Waals surface area contributed by atoms with Crippen molar-refractivity contribution in [2.24, 2.45) is 5.41 Å². The molecule has 1 aromatic rings. The molecule has 1 aliphatic carbocycles. The second-order valence-corrected chi connectivity index (χ2v) is 5.97. The lowest BCUT2D eigenvalue weighted by Gasteiger charge is -2.26. The molecule has 0 aromatic heterocycles. The van der Waals surface area contributed by atoms with E-state index in [1.807, 2.05) is 23.9 Å². The van der Waals surface area contributed by atoms with Gasteiger partial charge < -0.3 is 0 Å². The number of hydrogen-bond acceptors (Lipinski definition) is 2. The fourth-order valence-corrected chi connectivity index (χ4v) is 4.01. The van der Waals surface area contributed by atoms with Crippen LogP contribution in [0.5, 0.6) is 0 Å². The maximum absolute atomic E-state index is 12.7. The van der Waals surface area contributed by atoms with Crippen molar-refractivity contribution in [2.45, 2.75) is 30.6 Å². The van der Waals surface area contributed by atoms with Gasteiger partial charge >= 0.3 is 0 Å². The van der Waals surface area contributed by atoms with Gasteiger partial charge in [-0.25, -0.2) is 4.39 Å². The molecule has 2 rings (SSSR count). The fraction of sp³-hybridized carbons (Fsp3) is 0.538.